The number of thioether (sulfide) groups is 1. The summed E-state index contributed by atoms with van der Waals surface area (Å²) in [6, 6.07) is 12.8. The highest BCUT2D eigenvalue weighted by Crippen LogP contribution is 2.30. The quantitative estimate of drug-likeness (QED) is 0.219. The Morgan fingerprint density at radius 2 is 2.14 bits per heavy atom. The van der Waals surface area contributed by atoms with Gasteiger partial charge in [-0.1, -0.05) is 6.07 Å². The van der Waals surface area contributed by atoms with Crippen LogP contribution in [0.5, 0.6) is 5.75 Å². The first-order chi connectivity index (χ1) is 17.0. The molecule has 8 heteroatoms. The summed E-state index contributed by atoms with van der Waals surface area (Å²) in [4.78, 5) is 22.6. The average Bonchev–Trinajstić information content (AvgIpc) is 2.87. The maximum atomic E-state index is 13.2. The van der Waals surface area contributed by atoms with Gasteiger partial charge in [-0.2, -0.15) is 4.39 Å². The first kappa shape index (κ1) is 25.4. The number of nitrogens with zero attached hydrogens (tertiary/aromatic N) is 3. The van der Waals surface area contributed by atoms with Crippen molar-refractivity contribution in [2.75, 3.05) is 32.5 Å². The number of carbonyl (C=O) groups is 1. The van der Waals surface area contributed by atoms with Gasteiger partial charge in [0.2, 0.25) is 5.95 Å². The number of pyridine rings is 2. The van der Waals surface area contributed by atoms with Crippen molar-refractivity contribution in [1.29, 1.82) is 0 Å². The van der Waals surface area contributed by atoms with Gasteiger partial charge >= 0.3 is 5.97 Å². The van der Waals surface area contributed by atoms with E-state index >= 15 is 0 Å². The molecule has 4 rings (SSSR count). The Labute approximate surface area is 209 Å². The van der Waals surface area contributed by atoms with E-state index in [0.29, 0.717) is 11.6 Å². The van der Waals surface area contributed by atoms with E-state index in [-0.39, 0.29) is 11.8 Å². The summed E-state index contributed by atoms with van der Waals surface area (Å²) in [5.41, 5.74) is 2.18. The Bertz CT molecular complexity index is 1150. The number of benzene rings is 1. The van der Waals surface area contributed by atoms with Crippen molar-refractivity contribution in [3.05, 3.63) is 60.2 Å². The second kappa shape index (κ2) is 12.3. The third-order valence-corrected chi connectivity index (χ3v) is 7.79. The molecule has 0 unspecified atom stereocenters. The molecule has 1 aromatic carbocycles. The van der Waals surface area contributed by atoms with E-state index < -0.39 is 11.9 Å². The third kappa shape index (κ3) is 6.92. The minimum Gasteiger partial charge on any atom is -0.497 e. The van der Waals surface area contributed by atoms with E-state index in [1.165, 1.54) is 23.4 Å². The molecule has 1 saturated heterocycles. The van der Waals surface area contributed by atoms with Crippen LogP contribution < -0.4 is 4.74 Å². The van der Waals surface area contributed by atoms with Gasteiger partial charge in [0.05, 0.1) is 23.6 Å². The van der Waals surface area contributed by atoms with Crippen molar-refractivity contribution in [3.8, 4) is 5.75 Å². The number of fused-ring (bicyclic) bond motifs is 1. The zero-order chi connectivity index (χ0) is 24.6. The highest BCUT2D eigenvalue weighted by molar-refractivity contribution is 7.99. The maximum Gasteiger partial charge on any atom is 0.308 e. The maximum absolute atomic E-state index is 13.2. The van der Waals surface area contributed by atoms with Crippen LogP contribution in [-0.4, -0.2) is 58.4 Å². The van der Waals surface area contributed by atoms with Crippen LogP contribution in [0.1, 0.15) is 31.2 Å². The number of aliphatic carboxylic acids is 1. The van der Waals surface area contributed by atoms with E-state index in [4.69, 9.17) is 4.74 Å². The number of halogens is 1. The number of carboxylic acids is 1. The summed E-state index contributed by atoms with van der Waals surface area (Å²) >= 11 is 1.54. The molecule has 0 spiro atoms. The molecule has 0 aliphatic carbocycles. The lowest BCUT2D eigenvalue weighted by molar-refractivity contribution is -0.146. The fourth-order valence-corrected chi connectivity index (χ4v) is 5.72. The monoisotopic (exact) mass is 497 g/mol. The van der Waals surface area contributed by atoms with Gasteiger partial charge in [-0.15, -0.1) is 11.8 Å². The first-order valence-electron chi connectivity index (χ1n) is 12.2. The molecule has 1 fully saturated rings. The van der Waals surface area contributed by atoms with Crippen LogP contribution in [0.25, 0.3) is 10.9 Å². The van der Waals surface area contributed by atoms with E-state index in [0.717, 1.165) is 67.6 Å². The summed E-state index contributed by atoms with van der Waals surface area (Å²) in [6.45, 7) is 2.37. The molecule has 35 heavy (non-hydrogen) atoms. The molecule has 0 radical (unpaired) electrons. The number of carboxylic acid groups (broad SMARTS) is 1. The van der Waals surface area contributed by atoms with E-state index in [1.807, 2.05) is 30.5 Å². The number of likely N-dealkylation sites (tertiary alicyclic amines) is 1. The van der Waals surface area contributed by atoms with Gasteiger partial charge in [0.1, 0.15) is 5.75 Å². The van der Waals surface area contributed by atoms with Crippen molar-refractivity contribution in [2.24, 2.45) is 11.8 Å². The van der Waals surface area contributed by atoms with E-state index in [2.05, 4.69) is 20.9 Å². The Kier molecular flexibility index (Phi) is 8.93. The molecule has 0 saturated carbocycles. The second-order valence-electron chi connectivity index (χ2n) is 9.04. The van der Waals surface area contributed by atoms with E-state index in [9.17, 15) is 14.3 Å². The molecule has 186 valence electrons. The fourth-order valence-electron chi connectivity index (χ4n) is 4.91. The number of aromatic nitrogens is 2. The lowest BCUT2D eigenvalue weighted by Gasteiger charge is -2.36. The van der Waals surface area contributed by atoms with Crippen LogP contribution in [0.15, 0.2) is 53.7 Å². The smallest absolute Gasteiger partial charge is 0.308 e. The lowest BCUT2D eigenvalue weighted by atomic mass is 9.81. The lowest BCUT2D eigenvalue weighted by Crippen LogP contribution is -2.44. The second-order valence-corrected chi connectivity index (χ2v) is 10.2. The van der Waals surface area contributed by atoms with Crippen LogP contribution in [0, 0.1) is 17.8 Å². The van der Waals surface area contributed by atoms with Gasteiger partial charge in [-0.3, -0.25) is 9.78 Å². The summed E-state index contributed by atoms with van der Waals surface area (Å²) in [7, 11) is 1.66. The molecule has 3 aromatic rings. The van der Waals surface area contributed by atoms with E-state index in [1.54, 1.807) is 13.2 Å². The highest BCUT2D eigenvalue weighted by atomic mass is 32.2. The number of aryl methyl sites for hydroxylation is 1. The van der Waals surface area contributed by atoms with Crippen LogP contribution in [0.3, 0.4) is 0 Å². The normalized spacial score (nSPS) is 18.6. The largest absolute Gasteiger partial charge is 0.497 e. The minimum atomic E-state index is -0.697. The van der Waals surface area contributed by atoms with Crippen molar-refractivity contribution in [3.63, 3.8) is 0 Å². The average molecular weight is 498 g/mol. The van der Waals surface area contributed by atoms with Gasteiger partial charge < -0.3 is 14.7 Å². The van der Waals surface area contributed by atoms with Crippen LogP contribution >= 0.6 is 11.8 Å². The van der Waals surface area contributed by atoms with Crippen molar-refractivity contribution >= 4 is 28.6 Å². The molecule has 1 N–H and O–H groups in total. The topological polar surface area (TPSA) is 75.5 Å². The Hall–Kier alpha value is -2.71. The molecule has 0 bridgehead atoms. The minimum absolute atomic E-state index is 0.192. The predicted octanol–water partition coefficient (Wildman–Crippen LogP) is 5.31. The molecule has 2 aromatic heterocycles. The van der Waals surface area contributed by atoms with Gasteiger partial charge in [0, 0.05) is 23.9 Å². The van der Waals surface area contributed by atoms with Crippen molar-refractivity contribution in [2.45, 2.75) is 37.1 Å². The SMILES string of the molecule is COc1ccc2nccc(CCC[C@@H]3CCN(CCCSc4cccc(F)n4)C[C@@H]3C(=O)O)c2c1. The predicted molar refractivity (Wildman–Crippen MR) is 136 cm³/mol. The number of methoxy groups -OCH3 is 1. The van der Waals surface area contributed by atoms with Crippen LogP contribution in [-0.2, 0) is 11.2 Å². The fraction of sp³-hybridized carbons (Fsp3) is 0.444. The highest BCUT2D eigenvalue weighted by Gasteiger charge is 2.33. The number of ether oxygens (including phenoxy) is 1. The molecule has 1 aliphatic rings. The summed E-state index contributed by atoms with van der Waals surface area (Å²) in [5.74, 6) is 0.345. The van der Waals surface area contributed by atoms with Gasteiger partial charge in [0.15, 0.2) is 0 Å². The standard InChI is InChI=1S/C27H32FN3O3S/c1-34-21-9-10-24-22(17-21)19(11-13-29-24)5-2-6-20-12-15-31(18-23(20)27(32)33)14-4-16-35-26-8-3-7-25(28)30-26/h3,7-11,13,17,20,23H,2,4-6,12,14-16,18H2,1H3,(H,32,33)/t20-,23+/m1/s1. The Morgan fingerprint density at radius 3 is 2.94 bits per heavy atom. The Balaban J connectivity index is 1.26. The van der Waals surface area contributed by atoms with Crippen LogP contribution in [0.2, 0.25) is 0 Å². The Morgan fingerprint density at radius 1 is 1.26 bits per heavy atom. The summed E-state index contributed by atoms with van der Waals surface area (Å²) in [6.07, 6.45) is 6.40. The molecular weight excluding hydrogens is 465 g/mol. The first-order valence-corrected chi connectivity index (χ1v) is 13.1. The van der Waals surface area contributed by atoms with Gasteiger partial charge in [-0.05, 0) is 93.1 Å². The van der Waals surface area contributed by atoms with Gasteiger partial charge in [-0.25, -0.2) is 4.98 Å². The summed E-state index contributed by atoms with van der Waals surface area (Å²) in [5, 5.41) is 11.7. The van der Waals surface area contributed by atoms with Crippen molar-refractivity contribution < 1.29 is 19.0 Å². The summed E-state index contributed by atoms with van der Waals surface area (Å²) < 4.78 is 18.6. The number of hydrogen-bond donors (Lipinski definition) is 1. The third-order valence-electron chi connectivity index (χ3n) is 6.78. The van der Waals surface area contributed by atoms with Crippen LogP contribution in [0.4, 0.5) is 4.39 Å². The molecule has 0 amide bonds. The van der Waals surface area contributed by atoms with Crippen molar-refractivity contribution in [1.82, 2.24) is 14.9 Å². The molecular formula is C27H32FN3O3S. The van der Waals surface area contributed by atoms with Gasteiger partial charge in [0.25, 0.3) is 0 Å². The molecule has 6 nitrogen and oxygen atoms in total. The molecule has 1 aliphatic heterocycles. The molecule has 2 atom stereocenters. The zero-order valence-electron chi connectivity index (χ0n) is 20.0. The number of piperidine rings is 1. The molecule has 3 heterocycles. The zero-order valence-corrected chi connectivity index (χ0v) is 20.8. The number of hydrogen-bond acceptors (Lipinski definition) is 6. The number of rotatable bonds is 11.